The summed E-state index contributed by atoms with van der Waals surface area (Å²) in [6.07, 6.45) is -9.18. The van der Waals surface area contributed by atoms with Crippen molar-refractivity contribution >= 4 is 11.9 Å². The van der Waals surface area contributed by atoms with Crippen LogP contribution >= 0.6 is 0 Å². The molecule has 8 nitrogen and oxygen atoms in total. The van der Waals surface area contributed by atoms with Crippen LogP contribution < -0.4 is 19.1 Å². The van der Waals surface area contributed by atoms with E-state index in [0.29, 0.717) is 29.0 Å². The predicted octanol–water partition coefficient (Wildman–Crippen LogP) is 10.2. The SMILES string of the molecule is COc1ccc(C2CCCC2)cc1-c1ccc(OC(F)(F)F)cc1CN(Cc1cc(C(F)(F)F)cc(C(F)(F)F)c1)c1ncc(OCCCC(=O)O)cn1. The van der Waals surface area contributed by atoms with E-state index in [0.717, 1.165) is 43.4 Å². The first-order valence-electron chi connectivity index (χ1n) is 16.7. The predicted molar refractivity (Wildman–Crippen MR) is 177 cm³/mol. The maximum absolute atomic E-state index is 13.8. The van der Waals surface area contributed by atoms with Crippen LogP contribution in [-0.2, 0) is 30.2 Å². The van der Waals surface area contributed by atoms with Crippen LogP contribution in [0.4, 0.5) is 45.5 Å². The molecule has 0 saturated heterocycles. The Kier molecular flexibility index (Phi) is 12.2. The van der Waals surface area contributed by atoms with Crippen LogP contribution in [0.5, 0.6) is 17.2 Å². The summed E-state index contributed by atoms with van der Waals surface area (Å²) in [6, 6.07) is 10.1. The van der Waals surface area contributed by atoms with Crippen molar-refractivity contribution in [2.45, 2.75) is 76.2 Å². The molecule has 54 heavy (non-hydrogen) atoms. The van der Waals surface area contributed by atoms with Gasteiger partial charge in [0, 0.05) is 25.1 Å². The van der Waals surface area contributed by atoms with Gasteiger partial charge in [0.1, 0.15) is 11.5 Å². The number of carboxylic acids is 1. The van der Waals surface area contributed by atoms with Gasteiger partial charge >= 0.3 is 24.7 Å². The molecule has 0 radical (unpaired) electrons. The van der Waals surface area contributed by atoms with Crippen molar-refractivity contribution in [3.63, 3.8) is 0 Å². The second kappa shape index (κ2) is 16.4. The zero-order valence-corrected chi connectivity index (χ0v) is 28.6. The topological polar surface area (TPSA) is 94.0 Å². The van der Waals surface area contributed by atoms with Gasteiger partial charge < -0.3 is 24.2 Å². The number of halogens is 9. The number of alkyl halides is 9. The molecule has 17 heteroatoms. The maximum atomic E-state index is 13.8. The zero-order chi connectivity index (χ0) is 39.3. The summed E-state index contributed by atoms with van der Waals surface area (Å²) < 4.78 is 138. The fourth-order valence-corrected chi connectivity index (χ4v) is 6.30. The van der Waals surface area contributed by atoms with E-state index in [1.165, 1.54) is 30.5 Å². The molecule has 0 amide bonds. The molecule has 290 valence electrons. The third-order valence-electron chi connectivity index (χ3n) is 8.73. The van der Waals surface area contributed by atoms with Gasteiger partial charge in [-0.2, -0.15) is 26.3 Å². The summed E-state index contributed by atoms with van der Waals surface area (Å²) >= 11 is 0. The third kappa shape index (κ3) is 10.7. The Morgan fingerprint density at radius 1 is 0.815 bits per heavy atom. The molecule has 4 aromatic rings. The Labute approximate surface area is 303 Å². The van der Waals surface area contributed by atoms with Crippen molar-refractivity contribution in [1.29, 1.82) is 0 Å². The quantitative estimate of drug-likeness (QED) is 0.100. The number of anilines is 1. The van der Waals surface area contributed by atoms with Crippen LogP contribution in [0.25, 0.3) is 11.1 Å². The number of hydrogen-bond acceptors (Lipinski definition) is 7. The number of methoxy groups -OCH3 is 1. The Morgan fingerprint density at radius 2 is 1.46 bits per heavy atom. The Hall–Kier alpha value is -5.22. The third-order valence-corrected chi connectivity index (χ3v) is 8.73. The van der Waals surface area contributed by atoms with Crippen molar-refractivity contribution in [1.82, 2.24) is 9.97 Å². The zero-order valence-electron chi connectivity index (χ0n) is 28.6. The highest BCUT2D eigenvalue weighted by atomic mass is 19.4. The highest BCUT2D eigenvalue weighted by Crippen LogP contribution is 2.42. The first-order valence-corrected chi connectivity index (χ1v) is 16.7. The number of hydrogen-bond donors (Lipinski definition) is 1. The van der Waals surface area contributed by atoms with Gasteiger partial charge in [-0.25, -0.2) is 9.97 Å². The number of aliphatic carboxylic acids is 1. The number of ether oxygens (including phenoxy) is 3. The number of carboxylic acid groups (broad SMARTS) is 1. The molecule has 1 aromatic heterocycles. The van der Waals surface area contributed by atoms with E-state index in [1.54, 1.807) is 6.07 Å². The molecule has 0 bridgehead atoms. The average Bonchev–Trinajstić information content (AvgIpc) is 3.64. The highest BCUT2D eigenvalue weighted by molar-refractivity contribution is 5.75. The lowest BCUT2D eigenvalue weighted by Gasteiger charge is -2.26. The minimum Gasteiger partial charge on any atom is -0.496 e. The summed E-state index contributed by atoms with van der Waals surface area (Å²) in [7, 11) is 1.41. The van der Waals surface area contributed by atoms with Gasteiger partial charge in [0.05, 0.1) is 37.2 Å². The smallest absolute Gasteiger partial charge is 0.496 e. The fraction of sp³-hybridized carbons (Fsp3) is 0.378. The lowest BCUT2D eigenvalue weighted by Crippen LogP contribution is -2.25. The van der Waals surface area contributed by atoms with Gasteiger partial charge in [-0.05, 0) is 89.9 Å². The molecular formula is C37H34F9N3O5. The van der Waals surface area contributed by atoms with Crippen LogP contribution in [0.2, 0.25) is 0 Å². The van der Waals surface area contributed by atoms with Crippen molar-refractivity contribution in [3.05, 3.63) is 94.8 Å². The lowest BCUT2D eigenvalue weighted by atomic mass is 9.91. The molecule has 5 rings (SSSR count). The molecule has 0 aliphatic heterocycles. The minimum atomic E-state index is -5.14. The van der Waals surface area contributed by atoms with E-state index < -0.39 is 60.2 Å². The van der Waals surface area contributed by atoms with E-state index in [-0.39, 0.29) is 48.7 Å². The molecule has 3 aromatic carbocycles. The fourth-order valence-electron chi connectivity index (χ4n) is 6.30. The van der Waals surface area contributed by atoms with E-state index in [4.69, 9.17) is 14.6 Å². The standard InChI is InChI=1S/C37H34F9N3O5/c1-52-32-11-8-24(23-5-2-3-6-23)16-31(32)30-10-9-28(54-37(44,45)46)15-25(30)21-49(34-47-18-29(19-48-34)53-12-4-7-33(50)51)20-22-13-26(35(38,39)40)17-27(14-22)36(41,42)43/h8-11,13-19,23H,2-7,12,20-21H2,1H3,(H,50,51). The number of rotatable bonds is 14. The summed E-state index contributed by atoms with van der Waals surface area (Å²) in [5.74, 6) is -1.23. The molecule has 1 N–H and O–H groups in total. The van der Waals surface area contributed by atoms with Gasteiger partial charge in [-0.15, -0.1) is 13.2 Å². The number of carbonyl (C=O) groups is 1. The van der Waals surface area contributed by atoms with Crippen LogP contribution in [-0.4, -0.2) is 41.1 Å². The number of nitrogens with zero attached hydrogens (tertiary/aromatic N) is 3. The van der Waals surface area contributed by atoms with E-state index in [2.05, 4.69) is 14.7 Å². The van der Waals surface area contributed by atoms with E-state index in [9.17, 15) is 44.3 Å². The first-order chi connectivity index (χ1) is 25.4. The summed E-state index contributed by atoms with van der Waals surface area (Å²) in [6.45, 7) is -1.12. The molecule has 1 aliphatic carbocycles. The van der Waals surface area contributed by atoms with Gasteiger partial charge in [0.2, 0.25) is 5.95 Å². The number of aromatic nitrogens is 2. The monoisotopic (exact) mass is 771 g/mol. The molecule has 1 heterocycles. The van der Waals surface area contributed by atoms with Crippen LogP contribution in [0.3, 0.4) is 0 Å². The first kappa shape index (κ1) is 40.0. The summed E-state index contributed by atoms with van der Waals surface area (Å²) in [5.41, 5.74) is -1.64. The van der Waals surface area contributed by atoms with Gasteiger partial charge in [-0.1, -0.05) is 25.0 Å². The summed E-state index contributed by atoms with van der Waals surface area (Å²) in [4.78, 5) is 20.4. The van der Waals surface area contributed by atoms with Crippen molar-refractivity contribution in [3.8, 4) is 28.4 Å². The maximum Gasteiger partial charge on any atom is 0.573 e. The molecule has 1 saturated carbocycles. The molecule has 1 fully saturated rings. The molecule has 1 aliphatic rings. The Balaban J connectivity index is 1.62. The van der Waals surface area contributed by atoms with Gasteiger partial charge in [0.15, 0.2) is 5.75 Å². The minimum absolute atomic E-state index is 0.0134. The van der Waals surface area contributed by atoms with Gasteiger partial charge in [-0.3, -0.25) is 4.79 Å². The highest BCUT2D eigenvalue weighted by Gasteiger charge is 2.37. The Bertz CT molecular complexity index is 1880. The van der Waals surface area contributed by atoms with Crippen LogP contribution in [0, 0.1) is 0 Å². The van der Waals surface area contributed by atoms with Crippen LogP contribution in [0.15, 0.2) is 67.0 Å². The van der Waals surface area contributed by atoms with E-state index >= 15 is 0 Å². The molecule has 0 atom stereocenters. The largest absolute Gasteiger partial charge is 0.573 e. The van der Waals surface area contributed by atoms with Gasteiger partial charge in [0.25, 0.3) is 0 Å². The lowest BCUT2D eigenvalue weighted by molar-refractivity contribution is -0.274. The molecule has 0 unspecified atom stereocenters. The second-order valence-electron chi connectivity index (χ2n) is 12.6. The second-order valence-corrected chi connectivity index (χ2v) is 12.6. The molecule has 0 spiro atoms. The van der Waals surface area contributed by atoms with E-state index in [1.807, 2.05) is 12.1 Å². The number of benzene rings is 3. The van der Waals surface area contributed by atoms with Crippen molar-refractivity contribution in [2.24, 2.45) is 0 Å². The van der Waals surface area contributed by atoms with Crippen LogP contribution in [0.1, 0.15) is 72.3 Å². The van der Waals surface area contributed by atoms with Crippen molar-refractivity contribution in [2.75, 3.05) is 18.6 Å². The Morgan fingerprint density at radius 3 is 2.04 bits per heavy atom. The normalized spacial score (nSPS) is 13.9. The average molecular weight is 772 g/mol. The summed E-state index contributed by atoms with van der Waals surface area (Å²) in [5, 5.41) is 8.85. The molecular weight excluding hydrogens is 737 g/mol. The van der Waals surface area contributed by atoms with Crippen molar-refractivity contribution < 1.29 is 63.6 Å².